The van der Waals surface area contributed by atoms with Gasteiger partial charge in [0.05, 0.1) is 11.2 Å². The van der Waals surface area contributed by atoms with Crippen molar-refractivity contribution in [1.82, 2.24) is 0 Å². The molecule has 56 valence electrons. The molecule has 2 nitrogen and oxygen atoms in total. The van der Waals surface area contributed by atoms with Crippen LogP contribution in [0.1, 0.15) is 0 Å². The predicted molar refractivity (Wildman–Crippen MR) is 49.5 cm³/mol. The van der Waals surface area contributed by atoms with E-state index in [1.165, 1.54) is 0 Å². The summed E-state index contributed by atoms with van der Waals surface area (Å²) in [5.74, 6) is 0. The van der Waals surface area contributed by atoms with Gasteiger partial charge in [0.25, 0.3) is 0 Å². The molecule has 0 aliphatic carbocycles. The average molecular weight is 260 g/mol. The maximum absolute atomic E-state index is 5.40. The van der Waals surface area contributed by atoms with Crippen molar-refractivity contribution in [2.45, 2.75) is 11.2 Å². The first-order chi connectivity index (χ1) is 4.89. The van der Waals surface area contributed by atoms with Crippen molar-refractivity contribution in [2.24, 2.45) is 0 Å². The van der Waals surface area contributed by atoms with Crippen LogP contribution in [0.4, 0.5) is 0 Å². The molecule has 0 saturated carbocycles. The Balaban J connectivity index is 2.72. The van der Waals surface area contributed by atoms with Crippen LogP contribution in [-0.4, -0.2) is 22.6 Å². The lowest BCUT2D eigenvalue weighted by Gasteiger charge is -2.30. The molecule has 1 saturated heterocycles. The summed E-state index contributed by atoms with van der Waals surface area (Å²) in [6, 6.07) is 0. The highest BCUT2D eigenvalue weighted by Gasteiger charge is 2.51. The zero-order valence-corrected chi connectivity index (χ0v) is 7.95. The van der Waals surface area contributed by atoms with Gasteiger partial charge in [-0.15, -0.1) is 0 Å². The molecule has 1 heterocycles. The molecule has 0 bridgehead atoms. The van der Waals surface area contributed by atoms with Gasteiger partial charge in [-0.05, 0) is 0 Å². The Morgan fingerprint density at radius 3 is 1.64 bits per heavy atom. The molecule has 0 atom stereocenters. The van der Waals surface area contributed by atoms with Gasteiger partial charge in [0.15, 0.2) is 0 Å². The van der Waals surface area contributed by atoms with Crippen LogP contribution in [-0.2, 0) is 9.31 Å². The standard InChI is InChI=1S/C7H6BIO2/c1-6(2)7(3,4)11-8(5-9)10-6/h1-4H,5H2. The van der Waals surface area contributed by atoms with Crippen LogP contribution in [0.5, 0.6) is 0 Å². The van der Waals surface area contributed by atoms with Crippen LogP contribution in [0.25, 0.3) is 0 Å². The van der Waals surface area contributed by atoms with Gasteiger partial charge < -0.3 is 9.31 Å². The van der Waals surface area contributed by atoms with Crippen molar-refractivity contribution in [2.75, 3.05) is 4.33 Å². The third-order valence-corrected chi connectivity index (χ3v) is 2.11. The van der Waals surface area contributed by atoms with E-state index in [-0.39, 0.29) is 0 Å². The predicted octanol–water partition coefficient (Wildman–Crippen LogP) is 0.818. The van der Waals surface area contributed by atoms with Gasteiger partial charge in [-0.1, -0.05) is 22.6 Å². The number of rotatable bonds is 1. The zero-order valence-electron chi connectivity index (χ0n) is 5.79. The van der Waals surface area contributed by atoms with Crippen LogP contribution in [0.3, 0.4) is 0 Å². The lowest BCUT2D eigenvalue weighted by molar-refractivity contribution is 0.0917. The summed E-state index contributed by atoms with van der Waals surface area (Å²) >= 11 is 2.05. The van der Waals surface area contributed by atoms with Crippen molar-refractivity contribution in [3.8, 4) is 0 Å². The molecule has 11 heavy (non-hydrogen) atoms. The molecule has 0 N–H and O–H groups in total. The number of hydrogen-bond donors (Lipinski definition) is 0. The highest BCUT2D eigenvalue weighted by Crippen LogP contribution is 2.35. The molecule has 4 heteroatoms. The quantitative estimate of drug-likeness (QED) is 0.394. The molecule has 0 aromatic heterocycles. The summed E-state index contributed by atoms with van der Waals surface area (Å²) in [5, 5.41) is 0. The molecule has 1 fully saturated rings. The molecule has 0 amide bonds. The SMILES string of the molecule is [CH]C1([CH])OB(CI)OC1([CH])[CH]. The molecule has 0 spiro atoms. The maximum Gasteiger partial charge on any atom is 0.468 e. The normalized spacial score (nSPS) is 27.5. The maximum atomic E-state index is 5.40. The summed E-state index contributed by atoms with van der Waals surface area (Å²) < 4.78 is 10.6. The van der Waals surface area contributed by atoms with Crippen molar-refractivity contribution >= 4 is 29.7 Å². The summed E-state index contributed by atoms with van der Waals surface area (Å²) in [6.45, 7) is 21.6. The first-order valence-corrected chi connectivity index (χ1v) is 4.49. The van der Waals surface area contributed by atoms with E-state index >= 15 is 0 Å². The van der Waals surface area contributed by atoms with E-state index < -0.39 is 18.3 Å². The second-order valence-corrected chi connectivity index (χ2v) is 3.29. The van der Waals surface area contributed by atoms with E-state index in [2.05, 4.69) is 22.6 Å². The van der Waals surface area contributed by atoms with Gasteiger partial charge >= 0.3 is 7.12 Å². The summed E-state index contributed by atoms with van der Waals surface area (Å²) in [6.07, 6.45) is 0. The van der Waals surface area contributed by atoms with Gasteiger partial charge in [0.2, 0.25) is 0 Å². The highest BCUT2D eigenvalue weighted by molar-refractivity contribution is 14.1. The minimum absolute atomic E-state index is 0.527. The molecule has 0 aromatic carbocycles. The van der Waals surface area contributed by atoms with E-state index in [0.29, 0.717) is 4.33 Å². The Kier molecular flexibility index (Phi) is 2.57. The Morgan fingerprint density at radius 2 is 1.45 bits per heavy atom. The minimum atomic E-state index is -1.61. The zero-order chi connectivity index (χ0) is 8.70. The van der Waals surface area contributed by atoms with E-state index in [9.17, 15) is 0 Å². The van der Waals surface area contributed by atoms with E-state index in [4.69, 9.17) is 37.0 Å². The van der Waals surface area contributed by atoms with Gasteiger partial charge in [0, 0.05) is 32.0 Å². The molecule has 1 aliphatic rings. The van der Waals surface area contributed by atoms with Crippen LogP contribution in [0, 0.1) is 27.7 Å². The molecule has 0 unspecified atom stereocenters. The molecule has 8 radical (unpaired) electrons. The Hall–Kier alpha value is 0.715. The molecule has 1 rings (SSSR count). The van der Waals surface area contributed by atoms with E-state index in [1.807, 2.05) is 0 Å². The van der Waals surface area contributed by atoms with Crippen LogP contribution in [0.2, 0.25) is 0 Å². The third kappa shape index (κ3) is 1.73. The molecule has 1 aliphatic heterocycles. The lowest BCUT2D eigenvalue weighted by atomic mass is 9.90. The smallest absolute Gasteiger partial charge is 0.401 e. The Morgan fingerprint density at radius 1 is 1.09 bits per heavy atom. The second-order valence-electron chi connectivity index (χ2n) is 2.41. The second kappa shape index (κ2) is 2.89. The third-order valence-electron chi connectivity index (χ3n) is 1.39. The molecular formula is C7H6BIO2. The van der Waals surface area contributed by atoms with Crippen molar-refractivity contribution in [3.05, 3.63) is 27.7 Å². The first kappa shape index (κ1) is 9.80. The van der Waals surface area contributed by atoms with Crippen LogP contribution in [0.15, 0.2) is 0 Å². The monoisotopic (exact) mass is 260 g/mol. The van der Waals surface area contributed by atoms with Gasteiger partial charge in [0.1, 0.15) is 0 Å². The number of hydrogen-bond acceptors (Lipinski definition) is 2. The fourth-order valence-corrected chi connectivity index (χ4v) is 1.07. The fraction of sp³-hybridized carbons (Fsp3) is 0.429. The van der Waals surface area contributed by atoms with E-state index in [1.54, 1.807) is 0 Å². The fourth-order valence-electron chi connectivity index (χ4n) is 0.706. The topological polar surface area (TPSA) is 18.5 Å². The molecule has 0 aromatic rings. The Bertz CT molecular complexity index is 143. The highest BCUT2D eigenvalue weighted by atomic mass is 127. The average Bonchev–Trinajstić information content (AvgIpc) is 2.03. The Labute approximate surface area is 82.3 Å². The van der Waals surface area contributed by atoms with Crippen molar-refractivity contribution in [1.29, 1.82) is 0 Å². The van der Waals surface area contributed by atoms with Crippen LogP contribution < -0.4 is 0 Å². The largest absolute Gasteiger partial charge is 0.468 e. The minimum Gasteiger partial charge on any atom is -0.401 e. The van der Waals surface area contributed by atoms with E-state index in [0.717, 1.165) is 0 Å². The summed E-state index contributed by atoms with van der Waals surface area (Å²) in [7, 11) is -0.527. The molecular weight excluding hydrogens is 254 g/mol. The van der Waals surface area contributed by atoms with Crippen molar-refractivity contribution in [3.63, 3.8) is 0 Å². The van der Waals surface area contributed by atoms with Crippen molar-refractivity contribution < 1.29 is 9.31 Å². The van der Waals surface area contributed by atoms with Gasteiger partial charge in [-0.3, -0.25) is 0 Å². The number of alkyl halides is 1. The van der Waals surface area contributed by atoms with Gasteiger partial charge in [-0.25, -0.2) is 0 Å². The number of halogens is 1. The van der Waals surface area contributed by atoms with Gasteiger partial charge in [-0.2, -0.15) is 0 Å². The lowest BCUT2D eigenvalue weighted by Crippen LogP contribution is -2.43. The first-order valence-electron chi connectivity index (χ1n) is 2.96. The van der Waals surface area contributed by atoms with Crippen LogP contribution >= 0.6 is 22.6 Å². The summed E-state index contributed by atoms with van der Waals surface area (Å²) in [5.41, 5.74) is -3.22. The summed E-state index contributed by atoms with van der Waals surface area (Å²) in [4.78, 5) is 0.